The highest BCUT2D eigenvalue weighted by atomic mass is 127. The van der Waals surface area contributed by atoms with Crippen LogP contribution in [0, 0.1) is 9.49 Å². The van der Waals surface area contributed by atoms with E-state index in [-0.39, 0.29) is 5.91 Å². The molecule has 0 N–H and O–H groups in total. The summed E-state index contributed by atoms with van der Waals surface area (Å²) in [5.74, 6) is 2.06. The van der Waals surface area contributed by atoms with E-state index in [4.69, 9.17) is 0 Å². The number of likely N-dealkylation sites (N-methyl/N-ethyl adjacent to an activating group) is 1. The summed E-state index contributed by atoms with van der Waals surface area (Å²) in [5, 5.41) is 0. The van der Waals surface area contributed by atoms with E-state index in [9.17, 15) is 4.79 Å². The SMILES string of the molecule is CN1CCN([C@H]2CC[C@H](CN(C)c3ccc(I)cn3)CC2)CC1=O. The van der Waals surface area contributed by atoms with Crippen molar-refractivity contribution in [3.63, 3.8) is 0 Å². The Morgan fingerprint density at radius 1 is 1.25 bits per heavy atom. The Hall–Kier alpha value is -0.890. The second-order valence-electron chi connectivity index (χ2n) is 7.18. The molecule has 1 aliphatic heterocycles. The van der Waals surface area contributed by atoms with Crippen molar-refractivity contribution in [3.8, 4) is 0 Å². The third-order valence-corrected chi connectivity index (χ3v) is 6.09. The van der Waals surface area contributed by atoms with Gasteiger partial charge in [-0.05, 0) is 66.3 Å². The standard InChI is InChI=1S/C18H27IN4O/c1-21-9-10-23(13-18(21)24)16-6-3-14(4-7-16)12-22(2)17-8-5-15(19)11-20-17/h5,8,11,14,16H,3-4,6-7,9-10,12-13H2,1-2H3/t14-,16-. The zero-order valence-electron chi connectivity index (χ0n) is 14.6. The van der Waals surface area contributed by atoms with Crippen molar-refractivity contribution >= 4 is 34.3 Å². The topological polar surface area (TPSA) is 39.7 Å². The maximum absolute atomic E-state index is 11.9. The van der Waals surface area contributed by atoms with Gasteiger partial charge < -0.3 is 9.80 Å². The number of pyridine rings is 1. The van der Waals surface area contributed by atoms with Gasteiger partial charge in [-0.2, -0.15) is 0 Å². The highest BCUT2D eigenvalue weighted by Crippen LogP contribution is 2.29. The molecule has 0 spiro atoms. The Bertz CT molecular complexity index is 557. The van der Waals surface area contributed by atoms with Gasteiger partial charge in [-0.15, -0.1) is 0 Å². The molecule has 1 aliphatic carbocycles. The van der Waals surface area contributed by atoms with Gasteiger partial charge in [0.2, 0.25) is 5.91 Å². The van der Waals surface area contributed by atoms with Gasteiger partial charge in [0.05, 0.1) is 6.54 Å². The number of carbonyl (C=O) groups excluding carboxylic acids is 1. The Kier molecular flexibility index (Phi) is 5.97. The van der Waals surface area contributed by atoms with Crippen molar-refractivity contribution in [2.45, 2.75) is 31.7 Å². The molecule has 24 heavy (non-hydrogen) atoms. The largest absolute Gasteiger partial charge is 0.359 e. The molecule has 0 atom stereocenters. The lowest BCUT2D eigenvalue weighted by Gasteiger charge is -2.41. The average Bonchev–Trinajstić information content (AvgIpc) is 2.58. The second kappa shape index (κ2) is 7.99. The first kappa shape index (κ1) is 17.9. The number of aromatic nitrogens is 1. The summed E-state index contributed by atoms with van der Waals surface area (Å²) < 4.78 is 1.17. The van der Waals surface area contributed by atoms with Crippen LogP contribution in [0.2, 0.25) is 0 Å². The summed E-state index contributed by atoms with van der Waals surface area (Å²) in [7, 11) is 4.05. The van der Waals surface area contributed by atoms with E-state index in [1.165, 1.54) is 29.3 Å². The molecular formula is C18H27IN4O. The number of anilines is 1. The molecule has 132 valence electrons. The predicted octanol–water partition coefficient (Wildman–Crippen LogP) is 2.46. The number of carbonyl (C=O) groups is 1. The molecule has 0 unspecified atom stereocenters. The Balaban J connectivity index is 1.46. The van der Waals surface area contributed by atoms with Crippen LogP contribution in [0.15, 0.2) is 18.3 Å². The zero-order chi connectivity index (χ0) is 17.1. The summed E-state index contributed by atoms with van der Waals surface area (Å²) in [6.45, 7) is 3.59. The maximum Gasteiger partial charge on any atom is 0.236 e. The van der Waals surface area contributed by atoms with E-state index < -0.39 is 0 Å². The molecule has 2 aliphatic rings. The summed E-state index contributed by atoms with van der Waals surface area (Å²) in [6, 6.07) is 4.81. The first-order chi connectivity index (χ1) is 11.5. The van der Waals surface area contributed by atoms with Crippen LogP contribution in [-0.2, 0) is 4.79 Å². The fourth-order valence-electron chi connectivity index (χ4n) is 3.86. The van der Waals surface area contributed by atoms with Crippen LogP contribution in [0.3, 0.4) is 0 Å². The van der Waals surface area contributed by atoms with Crippen LogP contribution in [-0.4, -0.2) is 67.0 Å². The Morgan fingerprint density at radius 3 is 2.62 bits per heavy atom. The molecule has 1 aromatic rings. The molecule has 2 fully saturated rings. The van der Waals surface area contributed by atoms with Gasteiger partial charge in [-0.1, -0.05) is 0 Å². The molecule has 0 bridgehead atoms. The summed E-state index contributed by atoms with van der Waals surface area (Å²) >= 11 is 2.29. The van der Waals surface area contributed by atoms with Gasteiger partial charge in [-0.3, -0.25) is 9.69 Å². The molecular weight excluding hydrogens is 415 g/mol. The van der Waals surface area contributed by atoms with Crippen molar-refractivity contribution in [1.29, 1.82) is 0 Å². The molecule has 6 heteroatoms. The Morgan fingerprint density at radius 2 is 2.00 bits per heavy atom. The summed E-state index contributed by atoms with van der Waals surface area (Å²) in [6.07, 6.45) is 6.86. The lowest BCUT2D eigenvalue weighted by atomic mass is 9.84. The normalized spacial score (nSPS) is 25.8. The molecule has 0 aromatic carbocycles. The molecule has 5 nitrogen and oxygen atoms in total. The fraction of sp³-hybridized carbons (Fsp3) is 0.667. The maximum atomic E-state index is 11.9. The number of piperazine rings is 1. The van der Waals surface area contributed by atoms with E-state index >= 15 is 0 Å². The van der Waals surface area contributed by atoms with Crippen LogP contribution in [0.1, 0.15) is 25.7 Å². The van der Waals surface area contributed by atoms with Crippen LogP contribution >= 0.6 is 22.6 Å². The van der Waals surface area contributed by atoms with Crippen LogP contribution in [0.5, 0.6) is 0 Å². The molecule has 3 rings (SSSR count). The molecule has 1 amide bonds. The van der Waals surface area contributed by atoms with Crippen LogP contribution < -0.4 is 4.90 Å². The minimum atomic E-state index is 0.271. The van der Waals surface area contributed by atoms with Crippen LogP contribution in [0.4, 0.5) is 5.82 Å². The lowest BCUT2D eigenvalue weighted by molar-refractivity contribution is -0.135. The minimum Gasteiger partial charge on any atom is -0.359 e. The van der Waals surface area contributed by atoms with Crippen LogP contribution in [0.25, 0.3) is 0 Å². The van der Waals surface area contributed by atoms with E-state index in [1.807, 2.05) is 18.1 Å². The molecule has 2 heterocycles. The molecule has 0 radical (unpaired) electrons. The third-order valence-electron chi connectivity index (χ3n) is 5.45. The smallest absolute Gasteiger partial charge is 0.236 e. The first-order valence-corrected chi connectivity index (χ1v) is 9.91. The van der Waals surface area contributed by atoms with Gasteiger partial charge in [0.25, 0.3) is 0 Å². The quantitative estimate of drug-likeness (QED) is 0.672. The number of hydrogen-bond donors (Lipinski definition) is 0. The van der Waals surface area contributed by atoms with Crippen molar-refractivity contribution in [1.82, 2.24) is 14.8 Å². The van der Waals surface area contributed by atoms with E-state index in [0.717, 1.165) is 31.4 Å². The highest BCUT2D eigenvalue weighted by Gasteiger charge is 2.30. The van der Waals surface area contributed by atoms with Gasteiger partial charge in [0.15, 0.2) is 0 Å². The summed E-state index contributed by atoms with van der Waals surface area (Å²) in [4.78, 5) is 23.0. The number of nitrogens with zero attached hydrogens (tertiary/aromatic N) is 4. The Labute approximate surface area is 158 Å². The van der Waals surface area contributed by atoms with Crippen molar-refractivity contribution in [2.75, 3.05) is 45.2 Å². The van der Waals surface area contributed by atoms with Crippen molar-refractivity contribution in [2.24, 2.45) is 5.92 Å². The summed E-state index contributed by atoms with van der Waals surface area (Å²) in [5.41, 5.74) is 0. The third kappa shape index (κ3) is 4.39. The number of rotatable bonds is 4. The highest BCUT2D eigenvalue weighted by molar-refractivity contribution is 14.1. The van der Waals surface area contributed by atoms with E-state index in [0.29, 0.717) is 12.6 Å². The van der Waals surface area contributed by atoms with Crippen molar-refractivity contribution < 1.29 is 4.79 Å². The second-order valence-corrected chi connectivity index (χ2v) is 8.42. The molecule has 1 aromatic heterocycles. The van der Waals surface area contributed by atoms with Gasteiger partial charge >= 0.3 is 0 Å². The number of halogens is 1. The van der Waals surface area contributed by atoms with E-state index in [2.05, 4.69) is 56.6 Å². The predicted molar refractivity (Wildman–Crippen MR) is 105 cm³/mol. The number of amides is 1. The minimum absolute atomic E-state index is 0.271. The molecule has 1 saturated carbocycles. The lowest BCUT2D eigenvalue weighted by Crippen LogP contribution is -2.53. The average molecular weight is 442 g/mol. The zero-order valence-corrected chi connectivity index (χ0v) is 16.8. The van der Waals surface area contributed by atoms with Crippen molar-refractivity contribution in [3.05, 3.63) is 21.9 Å². The van der Waals surface area contributed by atoms with Gasteiger partial charge in [0, 0.05) is 49.5 Å². The number of hydrogen-bond acceptors (Lipinski definition) is 4. The van der Waals surface area contributed by atoms with E-state index in [1.54, 1.807) is 0 Å². The van der Waals surface area contributed by atoms with Gasteiger partial charge in [-0.25, -0.2) is 4.98 Å². The fourth-order valence-corrected chi connectivity index (χ4v) is 4.17. The monoisotopic (exact) mass is 442 g/mol. The first-order valence-electron chi connectivity index (χ1n) is 8.83. The van der Waals surface area contributed by atoms with Gasteiger partial charge in [0.1, 0.15) is 5.82 Å². The molecule has 1 saturated heterocycles.